The van der Waals surface area contributed by atoms with Gasteiger partial charge >= 0.3 is 6.03 Å². The van der Waals surface area contributed by atoms with Crippen LogP contribution < -0.4 is 10.1 Å². The number of carbonyl (C=O) groups excluding carboxylic acids is 1. The summed E-state index contributed by atoms with van der Waals surface area (Å²) in [5.41, 5.74) is 2.18. The first-order valence-corrected chi connectivity index (χ1v) is 9.27. The van der Waals surface area contributed by atoms with Gasteiger partial charge in [0.05, 0.1) is 7.11 Å². The van der Waals surface area contributed by atoms with Crippen LogP contribution in [0.5, 0.6) is 5.75 Å². The lowest BCUT2D eigenvalue weighted by Gasteiger charge is -2.34. The van der Waals surface area contributed by atoms with E-state index < -0.39 is 0 Å². The summed E-state index contributed by atoms with van der Waals surface area (Å²) in [6, 6.07) is 14.4. The Bertz CT molecular complexity index is 743. The molecule has 0 saturated carbocycles. The number of amides is 2. The number of benzene rings is 2. The van der Waals surface area contributed by atoms with Crippen LogP contribution in [0.15, 0.2) is 48.5 Å². The molecular weight excluding hydrogens is 345 g/mol. The molecule has 2 aromatic carbocycles. The number of methoxy groups -OCH3 is 1. The van der Waals surface area contributed by atoms with Crippen molar-refractivity contribution in [1.29, 1.82) is 0 Å². The van der Waals surface area contributed by atoms with E-state index in [0.29, 0.717) is 19.6 Å². The number of urea groups is 1. The van der Waals surface area contributed by atoms with Crippen molar-refractivity contribution in [3.05, 3.63) is 65.5 Å². The summed E-state index contributed by atoms with van der Waals surface area (Å²) < 4.78 is 18.3. The average molecular weight is 371 g/mol. The smallest absolute Gasteiger partial charge is 0.317 e. The van der Waals surface area contributed by atoms with Gasteiger partial charge in [0.1, 0.15) is 11.6 Å². The fourth-order valence-electron chi connectivity index (χ4n) is 3.28. The highest BCUT2D eigenvalue weighted by Crippen LogP contribution is 2.17. The molecule has 0 unspecified atom stereocenters. The number of nitrogens with zero attached hydrogens (tertiary/aromatic N) is 2. The first kappa shape index (κ1) is 19.2. The maximum absolute atomic E-state index is 13.0. The van der Waals surface area contributed by atoms with E-state index in [1.807, 2.05) is 41.3 Å². The lowest BCUT2D eigenvalue weighted by atomic mass is 10.1. The van der Waals surface area contributed by atoms with E-state index in [-0.39, 0.29) is 11.8 Å². The predicted molar refractivity (Wildman–Crippen MR) is 103 cm³/mol. The summed E-state index contributed by atoms with van der Waals surface area (Å²) in [4.78, 5) is 16.5. The summed E-state index contributed by atoms with van der Waals surface area (Å²) in [6.07, 6.45) is 0.736. The van der Waals surface area contributed by atoms with Crippen LogP contribution in [0.2, 0.25) is 0 Å². The van der Waals surface area contributed by atoms with E-state index in [0.717, 1.165) is 42.9 Å². The molecule has 144 valence electrons. The van der Waals surface area contributed by atoms with Gasteiger partial charge in [-0.05, 0) is 35.7 Å². The van der Waals surface area contributed by atoms with Gasteiger partial charge in [-0.3, -0.25) is 4.90 Å². The predicted octanol–water partition coefficient (Wildman–Crippen LogP) is 2.90. The van der Waals surface area contributed by atoms with Gasteiger partial charge in [-0.1, -0.05) is 30.3 Å². The SMILES string of the molecule is COc1ccccc1CCNC(=O)N1CCN(Cc2ccc(F)cc2)CC1. The maximum atomic E-state index is 13.0. The highest BCUT2D eigenvalue weighted by Gasteiger charge is 2.20. The standard InChI is InChI=1S/C21H26FN3O2/c1-27-20-5-3-2-4-18(20)10-11-23-21(26)25-14-12-24(13-15-25)16-17-6-8-19(22)9-7-17/h2-9H,10-16H2,1H3,(H,23,26). The average Bonchev–Trinajstić information content (AvgIpc) is 2.70. The van der Waals surface area contributed by atoms with Gasteiger partial charge in [0.15, 0.2) is 0 Å². The largest absolute Gasteiger partial charge is 0.496 e. The van der Waals surface area contributed by atoms with Crippen molar-refractivity contribution < 1.29 is 13.9 Å². The number of carbonyl (C=O) groups is 1. The Hall–Kier alpha value is -2.60. The van der Waals surface area contributed by atoms with Crippen molar-refractivity contribution in [1.82, 2.24) is 15.1 Å². The Morgan fingerprint density at radius 2 is 1.78 bits per heavy atom. The minimum absolute atomic E-state index is 0.0219. The van der Waals surface area contributed by atoms with Crippen LogP contribution in [0.4, 0.5) is 9.18 Å². The molecule has 0 spiro atoms. The minimum atomic E-state index is -0.214. The van der Waals surface area contributed by atoms with Crippen LogP contribution in [0.3, 0.4) is 0 Å². The van der Waals surface area contributed by atoms with Gasteiger partial charge in [-0.15, -0.1) is 0 Å². The van der Waals surface area contributed by atoms with Crippen molar-refractivity contribution in [3.8, 4) is 5.75 Å². The van der Waals surface area contributed by atoms with Gasteiger partial charge in [-0.25, -0.2) is 9.18 Å². The lowest BCUT2D eigenvalue weighted by Crippen LogP contribution is -2.51. The molecule has 2 amide bonds. The van der Waals surface area contributed by atoms with Gasteiger partial charge in [0.2, 0.25) is 0 Å². The molecule has 0 aliphatic carbocycles. The molecule has 1 heterocycles. The number of halogens is 1. The van der Waals surface area contributed by atoms with Crippen molar-refractivity contribution >= 4 is 6.03 Å². The molecule has 0 radical (unpaired) electrons. The Balaban J connectivity index is 1.40. The second kappa shape index (κ2) is 9.37. The number of rotatable bonds is 6. The molecule has 27 heavy (non-hydrogen) atoms. The number of hydrogen-bond acceptors (Lipinski definition) is 3. The van der Waals surface area contributed by atoms with Crippen LogP contribution in [0, 0.1) is 5.82 Å². The van der Waals surface area contributed by atoms with E-state index in [1.54, 1.807) is 7.11 Å². The summed E-state index contributed by atoms with van der Waals surface area (Å²) in [5, 5.41) is 2.99. The molecule has 1 N–H and O–H groups in total. The Labute approximate surface area is 159 Å². The van der Waals surface area contributed by atoms with Gasteiger partial charge in [0.25, 0.3) is 0 Å². The molecule has 0 bridgehead atoms. The maximum Gasteiger partial charge on any atom is 0.317 e. The zero-order chi connectivity index (χ0) is 19.1. The summed E-state index contributed by atoms with van der Waals surface area (Å²) >= 11 is 0. The molecular formula is C21H26FN3O2. The summed E-state index contributed by atoms with van der Waals surface area (Å²) in [6.45, 7) is 4.39. The minimum Gasteiger partial charge on any atom is -0.496 e. The first-order valence-electron chi connectivity index (χ1n) is 9.27. The van der Waals surface area contributed by atoms with Crippen LogP contribution in [0.25, 0.3) is 0 Å². The van der Waals surface area contributed by atoms with Crippen molar-refractivity contribution in [2.24, 2.45) is 0 Å². The number of nitrogens with one attached hydrogen (secondary N) is 1. The normalized spacial score (nSPS) is 14.8. The fraction of sp³-hybridized carbons (Fsp3) is 0.381. The van der Waals surface area contributed by atoms with E-state index >= 15 is 0 Å². The number of para-hydroxylation sites is 1. The van der Waals surface area contributed by atoms with Crippen molar-refractivity contribution in [2.75, 3.05) is 39.8 Å². The van der Waals surface area contributed by atoms with Crippen LogP contribution >= 0.6 is 0 Å². The molecule has 6 heteroatoms. The molecule has 0 atom stereocenters. The molecule has 1 saturated heterocycles. The van der Waals surface area contributed by atoms with Crippen molar-refractivity contribution in [3.63, 3.8) is 0 Å². The molecule has 1 aliphatic rings. The van der Waals surface area contributed by atoms with E-state index in [2.05, 4.69) is 10.2 Å². The molecule has 1 fully saturated rings. The second-order valence-corrected chi connectivity index (χ2v) is 6.68. The Kier molecular flexibility index (Phi) is 6.65. The first-order chi connectivity index (χ1) is 13.2. The number of piperazine rings is 1. The third-order valence-electron chi connectivity index (χ3n) is 4.84. The third-order valence-corrected chi connectivity index (χ3v) is 4.84. The topological polar surface area (TPSA) is 44.8 Å². The number of hydrogen-bond donors (Lipinski definition) is 1. The Morgan fingerprint density at radius 3 is 2.48 bits per heavy atom. The van der Waals surface area contributed by atoms with Gasteiger partial charge in [0, 0.05) is 39.3 Å². The molecule has 2 aromatic rings. The second-order valence-electron chi connectivity index (χ2n) is 6.68. The van der Waals surface area contributed by atoms with Gasteiger partial charge < -0.3 is 15.0 Å². The third kappa shape index (κ3) is 5.44. The van der Waals surface area contributed by atoms with E-state index in [1.165, 1.54) is 12.1 Å². The van der Waals surface area contributed by atoms with E-state index in [9.17, 15) is 9.18 Å². The molecule has 0 aromatic heterocycles. The number of ether oxygens (including phenoxy) is 1. The quantitative estimate of drug-likeness (QED) is 0.849. The highest BCUT2D eigenvalue weighted by atomic mass is 19.1. The zero-order valence-electron chi connectivity index (χ0n) is 15.7. The highest BCUT2D eigenvalue weighted by molar-refractivity contribution is 5.74. The molecule has 1 aliphatic heterocycles. The van der Waals surface area contributed by atoms with Crippen LogP contribution in [0.1, 0.15) is 11.1 Å². The van der Waals surface area contributed by atoms with Crippen molar-refractivity contribution in [2.45, 2.75) is 13.0 Å². The summed E-state index contributed by atoms with van der Waals surface area (Å²) in [5.74, 6) is 0.634. The fourth-order valence-corrected chi connectivity index (χ4v) is 3.28. The summed E-state index contributed by atoms with van der Waals surface area (Å²) in [7, 11) is 1.66. The zero-order valence-corrected chi connectivity index (χ0v) is 15.7. The molecule has 5 nitrogen and oxygen atoms in total. The van der Waals surface area contributed by atoms with E-state index in [4.69, 9.17) is 4.74 Å². The lowest BCUT2D eigenvalue weighted by molar-refractivity contribution is 0.135. The van der Waals surface area contributed by atoms with Gasteiger partial charge in [-0.2, -0.15) is 0 Å². The Morgan fingerprint density at radius 1 is 1.07 bits per heavy atom. The molecule has 3 rings (SSSR count). The van der Waals surface area contributed by atoms with Crippen LogP contribution in [-0.2, 0) is 13.0 Å². The van der Waals surface area contributed by atoms with Crippen LogP contribution in [-0.4, -0.2) is 55.7 Å². The monoisotopic (exact) mass is 371 g/mol.